The number of carbonyl (C=O) groups excluding carboxylic acids is 1. The SMILES string of the molecule is O=C(OC12CC3C4CC5(O)CC3C(C1)C(C5)C4C2)C(F)(F)F. The molecule has 22 heavy (non-hydrogen) atoms. The molecule has 7 aliphatic rings. The summed E-state index contributed by atoms with van der Waals surface area (Å²) >= 11 is 0. The molecule has 0 aromatic heterocycles. The largest absolute Gasteiger partial charge is 0.490 e. The molecule has 1 N–H and O–H groups in total. The molecule has 7 fully saturated rings. The Bertz CT molecular complexity index is 492. The smallest absolute Gasteiger partial charge is 0.452 e. The highest BCUT2D eigenvalue weighted by Gasteiger charge is 2.71. The van der Waals surface area contributed by atoms with Gasteiger partial charge in [0.05, 0.1) is 5.60 Å². The molecule has 0 amide bonds. The first-order valence-corrected chi connectivity index (χ1v) is 8.22. The van der Waals surface area contributed by atoms with Crippen LogP contribution >= 0.6 is 0 Å². The second-order valence-electron chi connectivity index (χ2n) is 8.50. The van der Waals surface area contributed by atoms with E-state index in [0.717, 1.165) is 19.3 Å². The van der Waals surface area contributed by atoms with Gasteiger partial charge in [0.1, 0.15) is 5.60 Å². The van der Waals surface area contributed by atoms with Gasteiger partial charge in [-0.2, -0.15) is 13.2 Å². The first kappa shape index (κ1) is 13.6. The van der Waals surface area contributed by atoms with Crippen molar-refractivity contribution in [2.45, 2.75) is 55.9 Å². The van der Waals surface area contributed by atoms with Crippen molar-refractivity contribution in [3.05, 3.63) is 0 Å². The number of carbonyl (C=O) groups is 1. The maximum Gasteiger partial charge on any atom is 0.490 e. The molecule has 8 bridgehead atoms. The fourth-order valence-corrected chi connectivity index (χ4v) is 7.21. The fourth-order valence-electron chi connectivity index (χ4n) is 7.21. The van der Waals surface area contributed by atoms with E-state index in [1.165, 1.54) is 0 Å². The van der Waals surface area contributed by atoms with Crippen LogP contribution in [-0.4, -0.2) is 28.5 Å². The minimum Gasteiger partial charge on any atom is -0.452 e. The average molecular weight is 316 g/mol. The van der Waals surface area contributed by atoms with Crippen molar-refractivity contribution in [3.8, 4) is 0 Å². The lowest BCUT2D eigenvalue weighted by molar-refractivity contribution is -0.300. The molecule has 0 atom stereocenters. The molecule has 0 radical (unpaired) electrons. The Morgan fingerprint density at radius 3 is 1.59 bits per heavy atom. The molecule has 0 heterocycles. The van der Waals surface area contributed by atoms with Gasteiger partial charge in [0.25, 0.3) is 0 Å². The number of hydrogen-bond acceptors (Lipinski definition) is 3. The Morgan fingerprint density at radius 2 is 1.23 bits per heavy atom. The molecule has 0 unspecified atom stereocenters. The van der Waals surface area contributed by atoms with Crippen LogP contribution in [0.4, 0.5) is 13.2 Å². The molecule has 0 aromatic carbocycles. The molecular formula is C16H19F3O3. The van der Waals surface area contributed by atoms with Gasteiger partial charge >= 0.3 is 12.1 Å². The Labute approximate surface area is 126 Å². The first-order valence-electron chi connectivity index (χ1n) is 8.22. The molecule has 0 aromatic rings. The first-order chi connectivity index (χ1) is 10.2. The molecule has 3 nitrogen and oxygen atoms in total. The number of ether oxygens (including phenoxy) is 1. The van der Waals surface area contributed by atoms with E-state index >= 15 is 0 Å². The Hall–Kier alpha value is -0.780. The van der Waals surface area contributed by atoms with Crippen LogP contribution < -0.4 is 0 Å². The van der Waals surface area contributed by atoms with Crippen LogP contribution in [0.2, 0.25) is 0 Å². The molecule has 6 heteroatoms. The van der Waals surface area contributed by atoms with Gasteiger partial charge in [-0.15, -0.1) is 0 Å². The molecular weight excluding hydrogens is 297 g/mol. The Kier molecular flexibility index (Phi) is 2.26. The van der Waals surface area contributed by atoms with Gasteiger partial charge < -0.3 is 9.84 Å². The van der Waals surface area contributed by atoms with Crippen LogP contribution in [0.1, 0.15) is 38.5 Å². The number of aliphatic hydroxyl groups is 1. The topological polar surface area (TPSA) is 46.5 Å². The zero-order chi connectivity index (χ0) is 15.5. The quantitative estimate of drug-likeness (QED) is 0.757. The summed E-state index contributed by atoms with van der Waals surface area (Å²) in [6.45, 7) is 0. The zero-order valence-electron chi connectivity index (χ0n) is 12.1. The van der Waals surface area contributed by atoms with Crippen molar-refractivity contribution >= 4 is 5.97 Å². The van der Waals surface area contributed by atoms with E-state index in [4.69, 9.17) is 4.74 Å². The van der Waals surface area contributed by atoms with E-state index < -0.39 is 23.3 Å². The van der Waals surface area contributed by atoms with Crippen molar-refractivity contribution in [1.29, 1.82) is 0 Å². The van der Waals surface area contributed by atoms with E-state index in [2.05, 4.69) is 0 Å². The summed E-state index contributed by atoms with van der Waals surface area (Å²) in [5.41, 5.74) is -1.41. The van der Waals surface area contributed by atoms with E-state index in [0.29, 0.717) is 54.8 Å². The minimum absolute atomic E-state index is 0.343. The van der Waals surface area contributed by atoms with Crippen LogP contribution in [0.5, 0.6) is 0 Å². The van der Waals surface area contributed by atoms with Crippen LogP contribution in [0, 0.1) is 35.5 Å². The molecule has 7 saturated carbocycles. The van der Waals surface area contributed by atoms with Crippen molar-refractivity contribution in [2.75, 3.05) is 0 Å². The summed E-state index contributed by atoms with van der Waals surface area (Å²) in [5.74, 6) is 0.288. The molecule has 0 saturated heterocycles. The maximum absolute atomic E-state index is 12.6. The predicted molar refractivity (Wildman–Crippen MR) is 68.5 cm³/mol. The lowest BCUT2D eigenvalue weighted by atomic mass is 9.34. The van der Waals surface area contributed by atoms with E-state index in [-0.39, 0.29) is 0 Å². The fraction of sp³-hybridized carbons (Fsp3) is 0.938. The summed E-state index contributed by atoms with van der Waals surface area (Å²) in [7, 11) is 0. The van der Waals surface area contributed by atoms with Crippen LogP contribution in [-0.2, 0) is 9.53 Å². The summed E-state index contributed by atoms with van der Waals surface area (Å²) in [4.78, 5) is 11.4. The predicted octanol–water partition coefficient (Wildman–Crippen LogP) is 2.67. The number of halogens is 3. The van der Waals surface area contributed by atoms with Crippen molar-refractivity contribution in [2.24, 2.45) is 35.5 Å². The van der Waals surface area contributed by atoms with Crippen LogP contribution in [0.15, 0.2) is 0 Å². The zero-order valence-corrected chi connectivity index (χ0v) is 12.1. The van der Waals surface area contributed by atoms with Crippen molar-refractivity contribution < 1.29 is 27.8 Å². The van der Waals surface area contributed by atoms with Crippen LogP contribution in [0.3, 0.4) is 0 Å². The second kappa shape index (κ2) is 3.65. The van der Waals surface area contributed by atoms with E-state index in [1.807, 2.05) is 0 Å². The summed E-state index contributed by atoms with van der Waals surface area (Å²) < 4.78 is 42.8. The summed E-state index contributed by atoms with van der Waals surface area (Å²) in [6.07, 6.45) is -0.808. The third-order valence-corrected chi connectivity index (χ3v) is 7.51. The lowest BCUT2D eigenvalue weighted by Crippen LogP contribution is -2.71. The number of rotatable bonds is 1. The van der Waals surface area contributed by atoms with Gasteiger partial charge in [-0.05, 0) is 74.0 Å². The normalized spacial score (nSPS) is 57.5. The minimum atomic E-state index is -4.91. The Morgan fingerprint density at radius 1 is 0.864 bits per heavy atom. The van der Waals surface area contributed by atoms with Gasteiger partial charge in [0, 0.05) is 0 Å². The average Bonchev–Trinajstić information content (AvgIpc) is 2.41. The third kappa shape index (κ3) is 1.55. The standard InChI is InChI=1S/C16H19F3O3/c17-16(18,19)13(20)22-15-4-10-7-1-14(21)2-8(10)12(6-15)9(3-14)11(7)5-15/h7-12,21H,1-6H2. The second-order valence-corrected chi connectivity index (χ2v) is 8.50. The van der Waals surface area contributed by atoms with Gasteiger partial charge in [0.2, 0.25) is 0 Å². The van der Waals surface area contributed by atoms with Crippen LogP contribution in [0.25, 0.3) is 0 Å². The molecule has 7 aliphatic carbocycles. The van der Waals surface area contributed by atoms with Gasteiger partial charge in [-0.1, -0.05) is 0 Å². The highest BCUT2D eigenvalue weighted by Crippen LogP contribution is 2.73. The van der Waals surface area contributed by atoms with E-state index in [1.54, 1.807) is 0 Å². The monoisotopic (exact) mass is 316 g/mol. The highest BCUT2D eigenvalue weighted by atomic mass is 19.4. The van der Waals surface area contributed by atoms with E-state index in [9.17, 15) is 23.1 Å². The Balaban J connectivity index is 1.47. The van der Waals surface area contributed by atoms with Crippen molar-refractivity contribution in [3.63, 3.8) is 0 Å². The number of esters is 1. The van der Waals surface area contributed by atoms with Gasteiger partial charge in [-0.3, -0.25) is 0 Å². The maximum atomic E-state index is 12.6. The molecule has 0 aliphatic heterocycles. The van der Waals surface area contributed by atoms with Gasteiger partial charge in [-0.25, -0.2) is 4.79 Å². The number of hydrogen-bond donors (Lipinski definition) is 1. The molecule has 122 valence electrons. The van der Waals surface area contributed by atoms with Gasteiger partial charge in [0.15, 0.2) is 0 Å². The lowest BCUT2D eigenvalue weighted by Gasteiger charge is -2.73. The molecule has 7 rings (SSSR count). The summed E-state index contributed by atoms with van der Waals surface area (Å²) in [6, 6.07) is 0. The summed E-state index contributed by atoms with van der Waals surface area (Å²) in [5, 5.41) is 10.7. The third-order valence-electron chi connectivity index (χ3n) is 7.51. The van der Waals surface area contributed by atoms with Crippen molar-refractivity contribution in [1.82, 2.24) is 0 Å². The molecule has 0 spiro atoms. The highest BCUT2D eigenvalue weighted by molar-refractivity contribution is 5.76. The number of alkyl halides is 3.